The van der Waals surface area contributed by atoms with Crippen LogP contribution in [0.3, 0.4) is 0 Å². The van der Waals surface area contributed by atoms with E-state index in [9.17, 15) is 8.42 Å². The van der Waals surface area contributed by atoms with E-state index < -0.39 is 10.0 Å². The maximum atomic E-state index is 12.3. The van der Waals surface area contributed by atoms with Crippen molar-refractivity contribution in [1.82, 2.24) is 10.0 Å². The van der Waals surface area contributed by atoms with Crippen molar-refractivity contribution < 1.29 is 13.2 Å². The normalized spacial score (nSPS) is 13.6. The number of hydrogen-bond donors (Lipinski definition) is 2. The molecule has 1 rings (SSSR count). The molecule has 116 valence electrons. The van der Waals surface area contributed by atoms with Crippen LogP contribution in [0.2, 0.25) is 0 Å². The van der Waals surface area contributed by atoms with Crippen molar-refractivity contribution >= 4 is 37.3 Å². The summed E-state index contributed by atoms with van der Waals surface area (Å²) < 4.78 is 33.1. The van der Waals surface area contributed by atoms with E-state index in [0.29, 0.717) is 28.4 Å². The Morgan fingerprint density at radius 1 is 1.45 bits per heavy atom. The highest BCUT2D eigenvalue weighted by atomic mass is 79.9. The van der Waals surface area contributed by atoms with Crippen LogP contribution in [0, 0.1) is 0 Å². The van der Waals surface area contributed by atoms with Crippen LogP contribution < -0.4 is 10.0 Å². The van der Waals surface area contributed by atoms with Gasteiger partial charge in [0.1, 0.15) is 4.90 Å². The topological polar surface area (TPSA) is 67.4 Å². The summed E-state index contributed by atoms with van der Waals surface area (Å²) in [4.78, 5) is 1.27. The van der Waals surface area contributed by atoms with Gasteiger partial charge in [0.05, 0.1) is 10.4 Å². The quantitative estimate of drug-likeness (QED) is 0.685. The fourth-order valence-electron chi connectivity index (χ4n) is 1.57. The third-order valence-corrected chi connectivity index (χ3v) is 6.32. The molecular weight excluding hydrogens is 364 g/mol. The first-order chi connectivity index (χ1) is 9.40. The van der Waals surface area contributed by atoms with Gasteiger partial charge in [-0.05, 0) is 42.4 Å². The van der Waals surface area contributed by atoms with Gasteiger partial charge in [-0.25, -0.2) is 13.1 Å². The highest BCUT2D eigenvalue weighted by Crippen LogP contribution is 2.31. The SMILES string of the molecule is CCNCc1cc(S(=O)(=O)NC(C)COCC)c(Br)s1. The second-order valence-corrected chi connectivity index (χ2v) is 8.45. The lowest BCUT2D eigenvalue weighted by molar-refractivity contribution is 0.133. The van der Waals surface area contributed by atoms with Gasteiger partial charge in [-0.3, -0.25) is 0 Å². The summed E-state index contributed by atoms with van der Waals surface area (Å²) in [5, 5.41) is 3.18. The molecule has 20 heavy (non-hydrogen) atoms. The average molecular weight is 385 g/mol. The predicted octanol–water partition coefficient (Wildman–Crippen LogP) is 2.32. The van der Waals surface area contributed by atoms with Gasteiger partial charge >= 0.3 is 0 Å². The molecule has 0 amide bonds. The largest absolute Gasteiger partial charge is 0.380 e. The van der Waals surface area contributed by atoms with Crippen molar-refractivity contribution in [2.45, 2.75) is 38.3 Å². The van der Waals surface area contributed by atoms with Crippen LogP contribution in [-0.4, -0.2) is 34.2 Å². The molecule has 1 unspecified atom stereocenters. The Kier molecular flexibility index (Phi) is 7.63. The van der Waals surface area contributed by atoms with Crippen molar-refractivity contribution in [3.05, 3.63) is 14.7 Å². The maximum absolute atomic E-state index is 12.3. The summed E-state index contributed by atoms with van der Waals surface area (Å²) in [5.41, 5.74) is 0. The molecular formula is C12H21BrN2O3S2. The van der Waals surface area contributed by atoms with E-state index in [2.05, 4.69) is 26.0 Å². The Morgan fingerprint density at radius 3 is 2.75 bits per heavy atom. The Bertz CT molecular complexity index is 517. The zero-order chi connectivity index (χ0) is 15.2. The van der Waals surface area contributed by atoms with E-state index in [4.69, 9.17) is 4.74 Å². The summed E-state index contributed by atoms with van der Waals surface area (Å²) in [6.45, 7) is 8.13. The van der Waals surface area contributed by atoms with Crippen LogP contribution in [0.15, 0.2) is 14.7 Å². The zero-order valence-corrected chi connectivity index (χ0v) is 15.1. The molecule has 0 fully saturated rings. The van der Waals surface area contributed by atoms with Crippen LogP contribution in [0.4, 0.5) is 0 Å². The lowest BCUT2D eigenvalue weighted by atomic mass is 10.4. The Morgan fingerprint density at radius 2 is 2.15 bits per heavy atom. The second-order valence-electron chi connectivity index (χ2n) is 4.31. The van der Waals surface area contributed by atoms with Crippen molar-refractivity contribution in [2.24, 2.45) is 0 Å². The fraction of sp³-hybridized carbons (Fsp3) is 0.667. The maximum Gasteiger partial charge on any atom is 0.242 e. The van der Waals surface area contributed by atoms with E-state index in [1.165, 1.54) is 11.3 Å². The smallest absolute Gasteiger partial charge is 0.242 e. The molecule has 5 nitrogen and oxygen atoms in total. The second kappa shape index (κ2) is 8.45. The molecule has 0 aliphatic carbocycles. The first kappa shape index (κ1) is 18.1. The number of sulfonamides is 1. The van der Waals surface area contributed by atoms with Crippen molar-refractivity contribution in [2.75, 3.05) is 19.8 Å². The lowest BCUT2D eigenvalue weighted by Crippen LogP contribution is -2.35. The number of rotatable bonds is 9. The van der Waals surface area contributed by atoms with E-state index in [1.54, 1.807) is 13.0 Å². The number of hydrogen-bond acceptors (Lipinski definition) is 5. The molecule has 0 aromatic carbocycles. The minimum Gasteiger partial charge on any atom is -0.380 e. The molecule has 0 saturated heterocycles. The van der Waals surface area contributed by atoms with E-state index in [1.807, 2.05) is 13.8 Å². The summed E-state index contributed by atoms with van der Waals surface area (Å²) in [6.07, 6.45) is 0. The molecule has 0 bridgehead atoms. The first-order valence-electron chi connectivity index (χ1n) is 6.49. The van der Waals surface area contributed by atoms with Gasteiger partial charge in [0.15, 0.2) is 0 Å². The summed E-state index contributed by atoms with van der Waals surface area (Å²) in [6, 6.07) is 1.44. The molecule has 0 spiro atoms. The van der Waals surface area contributed by atoms with Gasteiger partial charge in [-0.1, -0.05) is 6.92 Å². The Labute approximate surface area is 133 Å². The molecule has 0 aliphatic rings. The van der Waals surface area contributed by atoms with Crippen LogP contribution in [-0.2, 0) is 21.3 Å². The van der Waals surface area contributed by atoms with Crippen LogP contribution in [0.5, 0.6) is 0 Å². The molecule has 1 aromatic heterocycles. The average Bonchev–Trinajstić information content (AvgIpc) is 2.75. The standard InChI is InChI=1S/C12H21BrN2O3S2/c1-4-14-7-10-6-11(12(13)19-10)20(16,17)15-9(3)8-18-5-2/h6,9,14-15H,4-5,7-8H2,1-3H3. The third-order valence-electron chi connectivity index (χ3n) is 2.47. The summed E-state index contributed by atoms with van der Waals surface area (Å²) in [7, 11) is -3.52. The van der Waals surface area contributed by atoms with Crippen LogP contribution in [0.25, 0.3) is 0 Å². The monoisotopic (exact) mass is 384 g/mol. The van der Waals surface area contributed by atoms with E-state index in [0.717, 1.165) is 11.4 Å². The van der Waals surface area contributed by atoms with Gasteiger partial charge in [0, 0.05) is 24.1 Å². The minimum absolute atomic E-state index is 0.260. The highest BCUT2D eigenvalue weighted by Gasteiger charge is 2.22. The number of halogens is 1. The molecule has 0 radical (unpaired) electrons. The van der Waals surface area contributed by atoms with Crippen molar-refractivity contribution in [3.8, 4) is 0 Å². The van der Waals surface area contributed by atoms with Gasteiger partial charge in [-0.2, -0.15) is 0 Å². The lowest BCUT2D eigenvalue weighted by Gasteiger charge is -2.13. The molecule has 0 saturated carbocycles. The van der Waals surface area contributed by atoms with Crippen molar-refractivity contribution in [1.29, 1.82) is 0 Å². The zero-order valence-electron chi connectivity index (χ0n) is 11.9. The highest BCUT2D eigenvalue weighted by molar-refractivity contribution is 9.11. The molecule has 2 N–H and O–H groups in total. The molecule has 8 heteroatoms. The first-order valence-corrected chi connectivity index (χ1v) is 9.59. The predicted molar refractivity (Wildman–Crippen MR) is 85.7 cm³/mol. The third kappa shape index (κ3) is 5.42. The molecule has 0 aliphatic heterocycles. The van der Waals surface area contributed by atoms with Crippen LogP contribution in [0.1, 0.15) is 25.6 Å². The minimum atomic E-state index is -3.52. The number of ether oxygens (including phenoxy) is 1. The summed E-state index contributed by atoms with van der Waals surface area (Å²) >= 11 is 4.76. The summed E-state index contributed by atoms with van der Waals surface area (Å²) in [5.74, 6) is 0. The number of nitrogens with one attached hydrogen (secondary N) is 2. The molecule has 1 aromatic rings. The van der Waals surface area contributed by atoms with E-state index in [-0.39, 0.29) is 6.04 Å². The van der Waals surface area contributed by atoms with Gasteiger partial charge in [0.25, 0.3) is 0 Å². The fourth-order valence-corrected chi connectivity index (χ4v) is 5.45. The van der Waals surface area contributed by atoms with Gasteiger partial charge in [-0.15, -0.1) is 11.3 Å². The van der Waals surface area contributed by atoms with Gasteiger partial charge < -0.3 is 10.1 Å². The van der Waals surface area contributed by atoms with Crippen molar-refractivity contribution in [3.63, 3.8) is 0 Å². The Balaban J connectivity index is 2.78. The van der Waals surface area contributed by atoms with Crippen LogP contribution >= 0.6 is 27.3 Å². The van der Waals surface area contributed by atoms with E-state index >= 15 is 0 Å². The molecule has 1 heterocycles. The Hall–Kier alpha value is 0.01000. The van der Waals surface area contributed by atoms with Gasteiger partial charge in [0.2, 0.25) is 10.0 Å². The molecule has 1 atom stereocenters. The number of thiophene rings is 1.